The lowest BCUT2D eigenvalue weighted by Gasteiger charge is -2.32. The Morgan fingerprint density at radius 1 is 1.14 bits per heavy atom. The van der Waals surface area contributed by atoms with Gasteiger partial charge in [0.2, 0.25) is 0 Å². The number of fused-ring (bicyclic) bond motifs is 1. The summed E-state index contributed by atoms with van der Waals surface area (Å²) in [5, 5.41) is 11.4. The number of ether oxygens (including phenoxy) is 2. The zero-order chi connectivity index (χ0) is 25.3. The summed E-state index contributed by atoms with van der Waals surface area (Å²) in [7, 11) is 0. The molecule has 0 saturated heterocycles. The normalized spacial score (nSPS) is 13.0. The number of nitrogens with zero attached hydrogens (tertiary/aromatic N) is 2. The molecule has 1 aliphatic heterocycles. The molecule has 2 N–H and O–H groups in total. The second-order valence-electron chi connectivity index (χ2n) is 7.14. The van der Waals surface area contributed by atoms with E-state index in [4.69, 9.17) is 33.0 Å². The van der Waals surface area contributed by atoms with Gasteiger partial charge in [-0.1, -0.05) is 29.3 Å². The van der Waals surface area contributed by atoms with E-state index in [0.717, 1.165) is 12.1 Å². The lowest BCUT2D eigenvalue weighted by molar-refractivity contribution is -0.274. The van der Waals surface area contributed by atoms with Crippen molar-refractivity contribution in [1.82, 2.24) is 4.98 Å². The van der Waals surface area contributed by atoms with Crippen LogP contribution in [0.25, 0.3) is 0 Å². The number of alkyl halides is 3. The highest BCUT2D eigenvalue weighted by Crippen LogP contribution is 2.41. The van der Waals surface area contributed by atoms with Gasteiger partial charge in [0.05, 0.1) is 33.4 Å². The highest BCUT2D eigenvalue weighted by atomic mass is 35.5. The molecule has 0 spiro atoms. The third kappa shape index (κ3) is 5.36. The van der Waals surface area contributed by atoms with Crippen LogP contribution in [-0.2, 0) is 0 Å². The Labute approximate surface area is 205 Å². The summed E-state index contributed by atoms with van der Waals surface area (Å²) < 4.78 is 46.9. The van der Waals surface area contributed by atoms with Gasteiger partial charge in [-0.3, -0.25) is 4.79 Å². The SMILES string of the molecule is O=C(O)c1cnc(N2CCOc3c(C(=O)Nc4ccc(OC(F)(F)F)c(Cl)c4)cccc32)c(Cl)c1. The number of pyridine rings is 1. The number of rotatable bonds is 5. The van der Waals surface area contributed by atoms with Gasteiger partial charge in [0.1, 0.15) is 12.4 Å². The van der Waals surface area contributed by atoms with Crippen molar-refractivity contribution in [3.05, 3.63) is 69.8 Å². The summed E-state index contributed by atoms with van der Waals surface area (Å²) in [6.45, 7) is 0.499. The van der Waals surface area contributed by atoms with Crippen LogP contribution in [0.1, 0.15) is 20.7 Å². The Balaban J connectivity index is 1.61. The van der Waals surface area contributed by atoms with Crippen LogP contribution in [0.5, 0.6) is 11.5 Å². The molecule has 1 aliphatic rings. The molecule has 0 aliphatic carbocycles. The number of hydrogen-bond donors (Lipinski definition) is 2. The maximum absolute atomic E-state index is 13.0. The number of carbonyl (C=O) groups is 2. The molecule has 35 heavy (non-hydrogen) atoms. The first-order valence-electron chi connectivity index (χ1n) is 9.82. The Kier molecular flexibility index (Phi) is 6.64. The molecule has 182 valence electrons. The number of carboxylic acids is 1. The minimum Gasteiger partial charge on any atom is -0.489 e. The van der Waals surface area contributed by atoms with Crippen LogP contribution >= 0.6 is 23.2 Å². The monoisotopic (exact) mass is 527 g/mol. The predicted molar refractivity (Wildman–Crippen MR) is 121 cm³/mol. The maximum atomic E-state index is 13.0. The number of benzene rings is 2. The fourth-order valence-electron chi connectivity index (χ4n) is 3.38. The van der Waals surface area contributed by atoms with Crippen LogP contribution in [0.3, 0.4) is 0 Å². The first-order chi connectivity index (χ1) is 16.5. The molecule has 0 atom stereocenters. The minimum absolute atomic E-state index is 0.0781. The molecular formula is C22H14Cl2F3N3O5. The predicted octanol–water partition coefficient (Wildman–Crippen LogP) is 5.77. The number of nitrogens with one attached hydrogen (secondary N) is 1. The number of carboxylic acid groups (broad SMARTS) is 1. The zero-order valence-electron chi connectivity index (χ0n) is 17.4. The van der Waals surface area contributed by atoms with Crippen molar-refractivity contribution in [2.75, 3.05) is 23.4 Å². The summed E-state index contributed by atoms with van der Waals surface area (Å²) in [5.74, 6) is -1.88. The van der Waals surface area contributed by atoms with Crippen LogP contribution in [0.15, 0.2) is 48.7 Å². The smallest absolute Gasteiger partial charge is 0.489 e. The van der Waals surface area contributed by atoms with Gasteiger partial charge in [-0.25, -0.2) is 9.78 Å². The molecule has 0 radical (unpaired) electrons. The second kappa shape index (κ2) is 9.51. The number of carbonyl (C=O) groups excluding carboxylic acids is 1. The fraction of sp³-hybridized carbons (Fsp3) is 0.136. The molecule has 0 bridgehead atoms. The number of aromatic nitrogens is 1. The Morgan fingerprint density at radius 2 is 1.91 bits per heavy atom. The van der Waals surface area contributed by atoms with Gasteiger partial charge in [0.15, 0.2) is 11.6 Å². The first-order valence-corrected chi connectivity index (χ1v) is 10.6. The molecule has 0 unspecified atom stereocenters. The maximum Gasteiger partial charge on any atom is 0.573 e. The Morgan fingerprint density at radius 3 is 2.57 bits per heavy atom. The molecule has 2 heterocycles. The highest BCUT2D eigenvalue weighted by Gasteiger charge is 2.32. The lowest BCUT2D eigenvalue weighted by atomic mass is 10.1. The quantitative estimate of drug-likeness (QED) is 0.434. The van der Waals surface area contributed by atoms with E-state index in [9.17, 15) is 22.8 Å². The standard InChI is InChI=1S/C22H14Cl2F3N3O5/c23-14-9-12(4-5-17(14)35-22(25,26)27)29-20(31)13-2-1-3-16-18(13)34-7-6-30(16)19-15(24)8-11(10-28-19)21(32)33/h1-5,8-10H,6-7H2,(H,29,31)(H,32,33). The van der Waals surface area contributed by atoms with Crippen LogP contribution in [0, 0.1) is 0 Å². The molecule has 3 aromatic rings. The average Bonchev–Trinajstić information content (AvgIpc) is 2.79. The second-order valence-corrected chi connectivity index (χ2v) is 7.95. The van der Waals surface area contributed by atoms with E-state index in [1.54, 1.807) is 17.0 Å². The molecule has 0 saturated carbocycles. The van der Waals surface area contributed by atoms with Crippen molar-refractivity contribution in [2.24, 2.45) is 0 Å². The van der Waals surface area contributed by atoms with E-state index < -0.39 is 24.0 Å². The minimum atomic E-state index is -4.91. The van der Waals surface area contributed by atoms with Crippen molar-refractivity contribution >= 4 is 52.3 Å². The Hall–Kier alpha value is -3.70. The number of para-hydroxylation sites is 1. The molecule has 4 rings (SSSR count). The summed E-state index contributed by atoms with van der Waals surface area (Å²) in [6, 6.07) is 9.37. The topological polar surface area (TPSA) is 101 Å². The van der Waals surface area contributed by atoms with Crippen LogP contribution < -0.4 is 19.7 Å². The van der Waals surface area contributed by atoms with Crippen molar-refractivity contribution < 1.29 is 37.3 Å². The summed E-state index contributed by atoms with van der Waals surface area (Å²) in [4.78, 5) is 30.0. The van der Waals surface area contributed by atoms with E-state index >= 15 is 0 Å². The molecule has 0 fully saturated rings. The van der Waals surface area contributed by atoms with E-state index in [-0.39, 0.29) is 45.0 Å². The summed E-state index contributed by atoms with van der Waals surface area (Å²) in [6.07, 6.45) is -3.74. The van der Waals surface area contributed by atoms with Crippen molar-refractivity contribution in [1.29, 1.82) is 0 Å². The zero-order valence-corrected chi connectivity index (χ0v) is 18.9. The van der Waals surface area contributed by atoms with E-state index in [0.29, 0.717) is 12.2 Å². The summed E-state index contributed by atoms with van der Waals surface area (Å²) in [5.41, 5.74) is 0.657. The average molecular weight is 528 g/mol. The largest absolute Gasteiger partial charge is 0.573 e. The van der Waals surface area contributed by atoms with Crippen LogP contribution in [0.4, 0.5) is 30.4 Å². The van der Waals surface area contributed by atoms with E-state index in [1.807, 2.05) is 0 Å². The highest BCUT2D eigenvalue weighted by molar-refractivity contribution is 6.33. The number of anilines is 3. The van der Waals surface area contributed by atoms with Crippen molar-refractivity contribution in [3.63, 3.8) is 0 Å². The first kappa shape index (κ1) is 24.4. The number of amides is 1. The third-order valence-corrected chi connectivity index (χ3v) is 5.40. The summed E-state index contributed by atoms with van der Waals surface area (Å²) >= 11 is 12.1. The van der Waals surface area contributed by atoms with Gasteiger partial charge in [0, 0.05) is 11.9 Å². The van der Waals surface area contributed by atoms with Gasteiger partial charge in [-0.05, 0) is 36.4 Å². The molecule has 8 nitrogen and oxygen atoms in total. The van der Waals surface area contributed by atoms with Crippen LogP contribution in [0.2, 0.25) is 10.0 Å². The number of aromatic carboxylic acids is 1. The van der Waals surface area contributed by atoms with Crippen molar-refractivity contribution in [2.45, 2.75) is 6.36 Å². The molecule has 1 aromatic heterocycles. The van der Waals surface area contributed by atoms with Gasteiger partial charge in [-0.2, -0.15) is 0 Å². The lowest BCUT2D eigenvalue weighted by Crippen LogP contribution is -2.31. The van der Waals surface area contributed by atoms with E-state index in [2.05, 4.69) is 15.0 Å². The van der Waals surface area contributed by atoms with Gasteiger partial charge < -0.3 is 24.8 Å². The Bertz CT molecular complexity index is 1320. The van der Waals surface area contributed by atoms with Crippen LogP contribution in [-0.4, -0.2) is 41.5 Å². The van der Waals surface area contributed by atoms with Gasteiger partial charge in [-0.15, -0.1) is 13.2 Å². The molecule has 1 amide bonds. The number of halogens is 5. The van der Waals surface area contributed by atoms with Gasteiger partial charge in [0.25, 0.3) is 5.91 Å². The molecule has 2 aromatic carbocycles. The molecule has 13 heteroatoms. The van der Waals surface area contributed by atoms with E-state index in [1.165, 1.54) is 24.4 Å². The van der Waals surface area contributed by atoms with Crippen molar-refractivity contribution in [3.8, 4) is 11.5 Å². The molecular weight excluding hydrogens is 514 g/mol. The fourth-order valence-corrected chi connectivity index (χ4v) is 3.87. The van der Waals surface area contributed by atoms with Gasteiger partial charge >= 0.3 is 12.3 Å². The number of hydrogen-bond acceptors (Lipinski definition) is 6. The third-order valence-electron chi connectivity index (χ3n) is 4.83.